The van der Waals surface area contributed by atoms with Gasteiger partial charge in [0.1, 0.15) is 6.07 Å². The summed E-state index contributed by atoms with van der Waals surface area (Å²) in [6.07, 6.45) is 0.699. The van der Waals surface area contributed by atoms with E-state index in [0.29, 0.717) is 19.0 Å². The number of nitrogens with one attached hydrogen (secondary N) is 1. The predicted octanol–water partition coefficient (Wildman–Crippen LogP) is 3.39. The molecule has 1 N–H and O–H groups in total. The van der Waals surface area contributed by atoms with Crippen LogP contribution in [0.5, 0.6) is 0 Å². The minimum atomic E-state index is -1.64. The maximum absolute atomic E-state index is 9.96. The molecule has 0 amide bonds. The van der Waals surface area contributed by atoms with Gasteiger partial charge in [-0.2, -0.15) is 15.8 Å². The van der Waals surface area contributed by atoms with Crippen molar-refractivity contribution in [3.63, 3.8) is 0 Å². The largest absolute Gasteiger partial charge is 0.301 e. The zero-order valence-electron chi connectivity index (χ0n) is 15.0. The van der Waals surface area contributed by atoms with Gasteiger partial charge in [0.25, 0.3) is 0 Å². The van der Waals surface area contributed by atoms with Crippen molar-refractivity contribution in [3.8, 4) is 18.2 Å². The van der Waals surface area contributed by atoms with Gasteiger partial charge in [-0.05, 0) is 31.4 Å². The smallest absolute Gasteiger partial charge is 0.193 e. The Morgan fingerprint density at radius 1 is 1.15 bits per heavy atom. The maximum atomic E-state index is 9.96. The van der Waals surface area contributed by atoms with Crippen LogP contribution in [-0.2, 0) is 0 Å². The van der Waals surface area contributed by atoms with Crippen molar-refractivity contribution < 1.29 is 0 Å². The van der Waals surface area contributed by atoms with Crippen LogP contribution in [0.3, 0.4) is 0 Å². The van der Waals surface area contributed by atoms with E-state index in [-0.39, 0.29) is 17.2 Å². The summed E-state index contributed by atoms with van der Waals surface area (Å²) in [5.41, 5.74) is 0.284. The molecule has 1 aliphatic carbocycles. The highest BCUT2D eigenvalue weighted by Crippen LogP contribution is 2.52. The lowest BCUT2D eigenvalue weighted by Crippen LogP contribution is -2.51. The molecular weight excluding hydrogens is 322 g/mol. The van der Waals surface area contributed by atoms with Crippen LogP contribution in [0.25, 0.3) is 0 Å². The van der Waals surface area contributed by atoms with Gasteiger partial charge < -0.3 is 5.41 Å². The first-order valence-electron chi connectivity index (χ1n) is 8.84. The normalized spacial score (nSPS) is 25.2. The van der Waals surface area contributed by atoms with Crippen molar-refractivity contribution in [2.75, 3.05) is 13.1 Å². The Bertz CT molecular complexity index is 862. The number of fused-ring (bicyclic) bond motifs is 1. The number of benzene rings is 1. The Hall–Kier alpha value is -2.94. The minimum Gasteiger partial charge on any atom is -0.301 e. The number of likely N-dealkylation sites (tertiary alicyclic amines) is 1. The molecule has 1 aromatic carbocycles. The highest BCUT2D eigenvalue weighted by molar-refractivity contribution is 6.11. The fourth-order valence-electron chi connectivity index (χ4n) is 4.35. The van der Waals surface area contributed by atoms with Gasteiger partial charge in [0.2, 0.25) is 0 Å². The summed E-state index contributed by atoms with van der Waals surface area (Å²) < 4.78 is 0. The molecule has 0 spiro atoms. The van der Waals surface area contributed by atoms with E-state index in [0.717, 1.165) is 17.7 Å². The average molecular weight is 343 g/mol. The van der Waals surface area contributed by atoms with E-state index in [1.54, 1.807) is 0 Å². The van der Waals surface area contributed by atoms with E-state index in [1.165, 1.54) is 0 Å². The first-order chi connectivity index (χ1) is 12.5. The Kier molecular flexibility index (Phi) is 4.64. The van der Waals surface area contributed by atoms with E-state index in [4.69, 9.17) is 5.41 Å². The molecule has 3 rings (SSSR count). The minimum absolute atomic E-state index is 0.114. The molecule has 0 radical (unpaired) electrons. The van der Waals surface area contributed by atoms with Gasteiger partial charge in [-0.15, -0.1) is 0 Å². The Labute approximate surface area is 154 Å². The van der Waals surface area contributed by atoms with Crippen molar-refractivity contribution in [1.82, 2.24) is 4.90 Å². The van der Waals surface area contributed by atoms with Gasteiger partial charge in [-0.25, -0.2) is 0 Å². The summed E-state index contributed by atoms with van der Waals surface area (Å²) in [6, 6.07) is 16.2. The molecule has 5 nitrogen and oxygen atoms in total. The molecule has 2 aliphatic rings. The topological polar surface area (TPSA) is 98.5 Å². The monoisotopic (exact) mass is 343 g/mol. The lowest BCUT2D eigenvalue weighted by molar-refractivity contribution is 0.148. The lowest BCUT2D eigenvalue weighted by atomic mass is 9.56. The molecule has 5 heteroatoms. The first-order valence-corrected chi connectivity index (χ1v) is 8.84. The number of rotatable bonds is 2. The molecule has 1 fully saturated rings. The van der Waals surface area contributed by atoms with Crippen LogP contribution in [0, 0.1) is 50.7 Å². The van der Waals surface area contributed by atoms with E-state index < -0.39 is 11.3 Å². The van der Waals surface area contributed by atoms with Crippen LogP contribution in [0.1, 0.15) is 31.7 Å². The fourth-order valence-corrected chi connectivity index (χ4v) is 4.35. The second-order valence-electron chi connectivity index (χ2n) is 7.25. The summed E-state index contributed by atoms with van der Waals surface area (Å²) in [4.78, 5) is 2.33. The quantitative estimate of drug-likeness (QED) is 0.889. The molecular formula is C21H21N5. The van der Waals surface area contributed by atoms with Crippen molar-refractivity contribution >= 4 is 5.71 Å². The molecule has 0 aromatic heterocycles. The molecule has 2 unspecified atom stereocenters. The van der Waals surface area contributed by atoms with Crippen LogP contribution >= 0.6 is 0 Å². The zero-order chi connectivity index (χ0) is 18.9. The van der Waals surface area contributed by atoms with Crippen LogP contribution in [0.2, 0.25) is 0 Å². The Balaban J connectivity index is 2.26. The van der Waals surface area contributed by atoms with Gasteiger partial charge in [0.15, 0.2) is 5.41 Å². The number of nitrogens with zero attached hydrogens (tertiary/aromatic N) is 4. The molecule has 26 heavy (non-hydrogen) atoms. The van der Waals surface area contributed by atoms with Gasteiger partial charge in [-0.3, -0.25) is 4.90 Å². The fraction of sp³-hybridized carbons (Fsp3) is 0.429. The first kappa shape index (κ1) is 17.9. The lowest BCUT2D eigenvalue weighted by Gasteiger charge is -2.47. The van der Waals surface area contributed by atoms with Gasteiger partial charge in [-0.1, -0.05) is 30.3 Å². The summed E-state index contributed by atoms with van der Waals surface area (Å²) >= 11 is 0. The van der Waals surface area contributed by atoms with E-state index >= 15 is 0 Å². The van der Waals surface area contributed by atoms with Crippen molar-refractivity contribution in [3.05, 3.63) is 47.0 Å². The summed E-state index contributed by atoms with van der Waals surface area (Å²) in [6.45, 7) is 5.78. The van der Waals surface area contributed by atoms with Crippen molar-refractivity contribution in [2.24, 2.45) is 11.3 Å². The summed E-state index contributed by atoms with van der Waals surface area (Å²) in [5, 5.41) is 38.2. The van der Waals surface area contributed by atoms with Gasteiger partial charge >= 0.3 is 0 Å². The highest BCUT2D eigenvalue weighted by Gasteiger charge is 2.55. The third-order valence-corrected chi connectivity index (χ3v) is 5.73. The maximum Gasteiger partial charge on any atom is 0.193 e. The molecule has 130 valence electrons. The second kappa shape index (κ2) is 6.75. The third kappa shape index (κ3) is 2.51. The third-order valence-electron chi connectivity index (χ3n) is 5.73. The Morgan fingerprint density at radius 3 is 2.35 bits per heavy atom. The van der Waals surface area contributed by atoms with E-state index in [9.17, 15) is 15.8 Å². The van der Waals surface area contributed by atoms with Crippen LogP contribution < -0.4 is 0 Å². The van der Waals surface area contributed by atoms with Crippen LogP contribution in [-0.4, -0.2) is 29.7 Å². The molecule has 0 bridgehead atoms. The summed E-state index contributed by atoms with van der Waals surface area (Å²) in [7, 11) is 0. The molecule has 2 atom stereocenters. The number of piperidine rings is 1. The van der Waals surface area contributed by atoms with Gasteiger partial charge in [0.05, 0.1) is 23.4 Å². The predicted molar refractivity (Wildman–Crippen MR) is 98.0 cm³/mol. The SMILES string of the molecule is CC(C)N1CCC2=C(C#N)C(=N)C(C#N)(C#N)C(c3ccccc3)C2C1. The van der Waals surface area contributed by atoms with E-state index in [2.05, 4.69) is 37.0 Å². The van der Waals surface area contributed by atoms with Crippen LogP contribution in [0.4, 0.5) is 0 Å². The molecule has 1 heterocycles. The highest BCUT2D eigenvalue weighted by atomic mass is 15.2. The Morgan fingerprint density at radius 2 is 1.81 bits per heavy atom. The number of hydrogen-bond acceptors (Lipinski definition) is 5. The van der Waals surface area contributed by atoms with Gasteiger partial charge in [0, 0.05) is 31.0 Å². The number of allylic oxidation sites excluding steroid dienone is 1. The standard InChI is InChI=1S/C21H21N5/c1-14(2)26-9-8-16-17(10-22)20(25)21(12-23,13-24)19(18(16)11-26)15-6-4-3-5-7-15/h3-7,14,18-19,25H,8-9,11H2,1-2H3. The number of nitriles is 3. The molecule has 1 aliphatic heterocycles. The summed E-state index contributed by atoms with van der Waals surface area (Å²) in [5.74, 6) is -0.559. The van der Waals surface area contributed by atoms with E-state index in [1.807, 2.05) is 30.3 Å². The van der Waals surface area contributed by atoms with Crippen LogP contribution in [0.15, 0.2) is 41.5 Å². The molecule has 1 aromatic rings. The second-order valence-corrected chi connectivity index (χ2v) is 7.25. The molecule has 1 saturated heterocycles. The average Bonchev–Trinajstić information content (AvgIpc) is 2.67. The van der Waals surface area contributed by atoms with Crippen molar-refractivity contribution in [1.29, 1.82) is 21.2 Å². The number of hydrogen-bond donors (Lipinski definition) is 1. The van der Waals surface area contributed by atoms with Crippen molar-refractivity contribution in [2.45, 2.75) is 32.2 Å². The molecule has 0 saturated carbocycles. The zero-order valence-corrected chi connectivity index (χ0v) is 15.0.